The third kappa shape index (κ3) is 3.51. The van der Waals surface area contributed by atoms with Crippen molar-refractivity contribution in [3.63, 3.8) is 0 Å². The molecule has 0 saturated heterocycles. The first-order valence-corrected chi connectivity index (χ1v) is 4.66. The molecule has 76 valence electrons. The number of aryl methyl sites for hydroxylation is 1. The first-order valence-electron chi connectivity index (χ1n) is 4.66. The van der Waals surface area contributed by atoms with Gasteiger partial charge in [-0.2, -0.15) is 0 Å². The van der Waals surface area contributed by atoms with Gasteiger partial charge < -0.3 is 5.32 Å². The fourth-order valence-electron chi connectivity index (χ4n) is 1.02. The highest BCUT2D eigenvalue weighted by molar-refractivity contribution is 5.89. The average molecular weight is 193 g/mol. The van der Waals surface area contributed by atoms with Crippen molar-refractivity contribution in [1.29, 1.82) is 0 Å². The van der Waals surface area contributed by atoms with E-state index in [1.54, 1.807) is 12.4 Å². The van der Waals surface area contributed by atoms with Gasteiger partial charge in [0.2, 0.25) is 5.91 Å². The quantitative estimate of drug-likeness (QED) is 0.796. The topological polar surface area (TPSA) is 54.9 Å². The van der Waals surface area contributed by atoms with Crippen LogP contribution in [0.2, 0.25) is 0 Å². The lowest BCUT2D eigenvalue weighted by Crippen LogP contribution is -2.14. The lowest BCUT2D eigenvalue weighted by molar-refractivity contribution is -0.116. The van der Waals surface area contributed by atoms with Crippen molar-refractivity contribution in [2.45, 2.75) is 27.2 Å². The molecule has 1 heterocycles. The predicted molar refractivity (Wildman–Crippen MR) is 54.9 cm³/mol. The Hall–Kier alpha value is -1.45. The summed E-state index contributed by atoms with van der Waals surface area (Å²) >= 11 is 0. The van der Waals surface area contributed by atoms with Crippen LogP contribution in [-0.4, -0.2) is 15.9 Å². The van der Waals surface area contributed by atoms with Crippen molar-refractivity contribution in [2.24, 2.45) is 5.92 Å². The Morgan fingerprint density at radius 3 is 2.64 bits per heavy atom. The summed E-state index contributed by atoms with van der Waals surface area (Å²) in [6, 6.07) is 0. The molecule has 0 aliphatic heterocycles. The fraction of sp³-hybridized carbons (Fsp3) is 0.500. The lowest BCUT2D eigenvalue weighted by Gasteiger charge is -2.05. The van der Waals surface area contributed by atoms with Crippen LogP contribution < -0.4 is 5.32 Å². The molecular formula is C10H15N3O. The van der Waals surface area contributed by atoms with E-state index in [1.807, 2.05) is 20.8 Å². The van der Waals surface area contributed by atoms with Gasteiger partial charge in [-0.15, -0.1) is 0 Å². The molecule has 0 fully saturated rings. The number of nitrogens with zero attached hydrogens (tertiary/aromatic N) is 2. The Morgan fingerprint density at radius 2 is 2.14 bits per heavy atom. The lowest BCUT2D eigenvalue weighted by atomic mass is 10.1. The number of hydrogen-bond donors (Lipinski definition) is 1. The molecule has 1 N–H and O–H groups in total. The minimum atomic E-state index is -0.0156. The summed E-state index contributed by atoms with van der Waals surface area (Å²) in [6.07, 6.45) is 3.70. The van der Waals surface area contributed by atoms with E-state index in [2.05, 4.69) is 15.3 Å². The van der Waals surface area contributed by atoms with Crippen LogP contribution >= 0.6 is 0 Å². The van der Waals surface area contributed by atoms with Gasteiger partial charge in [-0.05, 0) is 12.8 Å². The molecule has 0 spiro atoms. The van der Waals surface area contributed by atoms with Crippen LogP contribution in [-0.2, 0) is 4.79 Å². The molecule has 4 nitrogen and oxygen atoms in total. The van der Waals surface area contributed by atoms with E-state index >= 15 is 0 Å². The van der Waals surface area contributed by atoms with Crippen molar-refractivity contribution in [2.75, 3.05) is 5.32 Å². The van der Waals surface area contributed by atoms with Gasteiger partial charge >= 0.3 is 0 Å². The van der Waals surface area contributed by atoms with Gasteiger partial charge in [0.15, 0.2) is 5.82 Å². The maximum atomic E-state index is 11.3. The van der Waals surface area contributed by atoms with E-state index in [1.165, 1.54) is 0 Å². The van der Waals surface area contributed by atoms with E-state index < -0.39 is 0 Å². The fourth-order valence-corrected chi connectivity index (χ4v) is 1.02. The molecule has 1 rings (SSSR count). The number of rotatable bonds is 3. The number of aromatic nitrogens is 2. The third-order valence-corrected chi connectivity index (χ3v) is 1.64. The standard InChI is InChI=1S/C10H15N3O/c1-7(2)4-10(14)13-9-6-11-8(3)5-12-9/h5-7H,4H2,1-3H3,(H,12,13,14). The van der Waals surface area contributed by atoms with Crippen LogP contribution in [0.3, 0.4) is 0 Å². The van der Waals surface area contributed by atoms with Crippen LogP contribution in [0.5, 0.6) is 0 Å². The number of carbonyl (C=O) groups is 1. The van der Waals surface area contributed by atoms with Crippen molar-refractivity contribution < 1.29 is 4.79 Å². The molecule has 0 aromatic carbocycles. The summed E-state index contributed by atoms with van der Waals surface area (Å²) in [4.78, 5) is 19.4. The minimum absolute atomic E-state index is 0.0156. The Bertz CT molecular complexity index is 306. The molecule has 0 unspecified atom stereocenters. The average Bonchev–Trinajstić information content (AvgIpc) is 2.07. The molecule has 1 aromatic heterocycles. The predicted octanol–water partition coefficient (Wildman–Crippen LogP) is 1.77. The Morgan fingerprint density at radius 1 is 1.43 bits per heavy atom. The maximum absolute atomic E-state index is 11.3. The van der Waals surface area contributed by atoms with Crippen LogP contribution in [0.15, 0.2) is 12.4 Å². The molecule has 1 amide bonds. The summed E-state index contributed by atoms with van der Waals surface area (Å²) in [5, 5.41) is 2.69. The largest absolute Gasteiger partial charge is 0.309 e. The summed E-state index contributed by atoms with van der Waals surface area (Å²) in [7, 11) is 0. The van der Waals surface area contributed by atoms with E-state index in [9.17, 15) is 4.79 Å². The Kier molecular flexibility index (Phi) is 3.56. The second kappa shape index (κ2) is 4.69. The molecule has 0 aliphatic rings. The van der Waals surface area contributed by atoms with Crippen LogP contribution in [0, 0.1) is 12.8 Å². The van der Waals surface area contributed by atoms with Gasteiger partial charge in [0.05, 0.1) is 18.1 Å². The highest BCUT2D eigenvalue weighted by Crippen LogP contribution is 2.04. The van der Waals surface area contributed by atoms with Gasteiger partial charge in [-0.1, -0.05) is 13.8 Å². The molecule has 0 aliphatic carbocycles. The SMILES string of the molecule is Cc1cnc(NC(=O)CC(C)C)cn1. The zero-order valence-electron chi connectivity index (χ0n) is 8.74. The van der Waals surface area contributed by atoms with Crippen LogP contribution in [0.25, 0.3) is 0 Å². The van der Waals surface area contributed by atoms with Gasteiger partial charge in [0.25, 0.3) is 0 Å². The number of anilines is 1. The first kappa shape index (κ1) is 10.6. The summed E-state index contributed by atoms with van der Waals surface area (Å²) < 4.78 is 0. The van der Waals surface area contributed by atoms with Gasteiger partial charge in [0, 0.05) is 6.42 Å². The molecule has 0 atom stereocenters. The number of hydrogen-bond acceptors (Lipinski definition) is 3. The highest BCUT2D eigenvalue weighted by Gasteiger charge is 2.05. The Labute approximate surface area is 83.8 Å². The van der Waals surface area contributed by atoms with Gasteiger partial charge in [-0.25, -0.2) is 4.98 Å². The van der Waals surface area contributed by atoms with Crippen molar-refractivity contribution in [3.05, 3.63) is 18.1 Å². The van der Waals surface area contributed by atoms with Crippen LogP contribution in [0.4, 0.5) is 5.82 Å². The molecule has 1 aromatic rings. The third-order valence-electron chi connectivity index (χ3n) is 1.64. The maximum Gasteiger partial charge on any atom is 0.225 e. The minimum Gasteiger partial charge on any atom is -0.309 e. The monoisotopic (exact) mass is 193 g/mol. The van der Waals surface area contributed by atoms with E-state index in [0.717, 1.165) is 5.69 Å². The number of nitrogens with one attached hydrogen (secondary N) is 1. The summed E-state index contributed by atoms with van der Waals surface area (Å²) in [5.74, 6) is 0.854. The van der Waals surface area contributed by atoms with E-state index in [4.69, 9.17) is 0 Å². The van der Waals surface area contributed by atoms with Gasteiger partial charge in [-0.3, -0.25) is 9.78 Å². The van der Waals surface area contributed by atoms with E-state index in [0.29, 0.717) is 18.2 Å². The molecule has 0 bridgehead atoms. The molecule has 0 radical (unpaired) electrons. The molecule has 0 saturated carbocycles. The summed E-state index contributed by atoms with van der Waals surface area (Å²) in [6.45, 7) is 5.85. The van der Waals surface area contributed by atoms with Crippen molar-refractivity contribution in [3.8, 4) is 0 Å². The van der Waals surface area contributed by atoms with Crippen LogP contribution in [0.1, 0.15) is 26.0 Å². The molecule has 4 heteroatoms. The molecular weight excluding hydrogens is 178 g/mol. The number of carbonyl (C=O) groups excluding carboxylic acids is 1. The van der Waals surface area contributed by atoms with Crippen molar-refractivity contribution in [1.82, 2.24) is 9.97 Å². The highest BCUT2D eigenvalue weighted by atomic mass is 16.1. The smallest absolute Gasteiger partial charge is 0.225 e. The zero-order valence-corrected chi connectivity index (χ0v) is 8.74. The summed E-state index contributed by atoms with van der Waals surface area (Å²) in [5.41, 5.74) is 0.840. The second-order valence-electron chi connectivity index (χ2n) is 3.69. The molecule has 14 heavy (non-hydrogen) atoms. The zero-order chi connectivity index (χ0) is 10.6. The first-order chi connectivity index (χ1) is 6.58. The van der Waals surface area contributed by atoms with Crippen molar-refractivity contribution >= 4 is 11.7 Å². The Balaban J connectivity index is 2.52. The normalized spacial score (nSPS) is 10.3. The van der Waals surface area contributed by atoms with Gasteiger partial charge in [0.1, 0.15) is 0 Å². The number of amides is 1. The second-order valence-corrected chi connectivity index (χ2v) is 3.69. The van der Waals surface area contributed by atoms with E-state index in [-0.39, 0.29) is 5.91 Å².